The van der Waals surface area contributed by atoms with Crippen molar-refractivity contribution < 1.29 is 10.0 Å². The highest BCUT2D eigenvalue weighted by Gasteiger charge is 2.18. The molecule has 2 N–H and O–H groups in total. The summed E-state index contributed by atoms with van der Waals surface area (Å²) in [5.74, 6) is 0. The third kappa shape index (κ3) is 1.58. The van der Waals surface area contributed by atoms with Crippen LogP contribution in [0.4, 0.5) is 0 Å². The first-order valence-electron chi connectivity index (χ1n) is 4.13. The highest BCUT2D eigenvalue weighted by atomic mass is 127. The van der Waals surface area contributed by atoms with Gasteiger partial charge in [0.15, 0.2) is 0 Å². The molecule has 1 aromatic heterocycles. The second-order valence-corrected chi connectivity index (χ2v) is 5.17. The minimum atomic E-state index is -1.39. The van der Waals surface area contributed by atoms with Gasteiger partial charge in [0.05, 0.1) is 0 Å². The molecule has 2 rings (SSSR count). The van der Waals surface area contributed by atoms with Crippen LogP contribution in [0, 0.1) is 10.5 Å². The maximum absolute atomic E-state index is 9.21. The highest BCUT2D eigenvalue weighted by Crippen LogP contribution is 2.28. The average Bonchev–Trinajstić information content (AvgIpc) is 2.50. The van der Waals surface area contributed by atoms with Crippen molar-refractivity contribution in [3.8, 4) is 0 Å². The van der Waals surface area contributed by atoms with E-state index in [9.17, 15) is 10.0 Å². The molecule has 0 aliphatic rings. The van der Waals surface area contributed by atoms with Gasteiger partial charge in [0.1, 0.15) is 0 Å². The number of aryl methyl sites for hydroxylation is 1. The number of hydrogen-bond acceptors (Lipinski definition) is 3. The van der Waals surface area contributed by atoms with E-state index in [1.165, 1.54) is 5.56 Å². The van der Waals surface area contributed by atoms with E-state index in [2.05, 4.69) is 22.6 Å². The minimum absolute atomic E-state index is 0.594. The molecule has 0 aliphatic carbocycles. The van der Waals surface area contributed by atoms with Crippen molar-refractivity contribution in [3.05, 3.63) is 26.6 Å². The van der Waals surface area contributed by atoms with Gasteiger partial charge in [-0.3, -0.25) is 0 Å². The van der Waals surface area contributed by atoms with Gasteiger partial charge in [-0.05, 0) is 40.5 Å². The molecule has 0 aliphatic heterocycles. The first-order valence-corrected chi connectivity index (χ1v) is 6.09. The van der Waals surface area contributed by atoms with E-state index in [4.69, 9.17) is 0 Å². The third-order valence-corrected chi connectivity index (χ3v) is 4.57. The lowest BCUT2D eigenvalue weighted by Crippen LogP contribution is -2.30. The van der Waals surface area contributed by atoms with Crippen molar-refractivity contribution in [2.24, 2.45) is 0 Å². The lowest BCUT2D eigenvalue weighted by molar-refractivity contribution is 0.426. The van der Waals surface area contributed by atoms with E-state index in [0.717, 1.165) is 13.7 Å². The van der Waals surface area contributed by atoms with Crippen molar-refractivity contribution in [2.45, 2.75) is 6.92 Å². The molecule has 0 radical (unpaired) electrons. The second kappa shape index (κ2) is 3.81. The van der Waals surface area contributed by atoms with Gasteiger partial charge in [-0.15, -0.1) is 11.3 Å². The molecule has 0 saturated heterocycles. The molecule has 0 saturated carbocycles. The summed E-state index contributed by atoms with van der Waals surface area (Å²) >= 11 is 3.86. The van der Waals surface area contributed by atoms with E-state index >= 15 is 0 Å². The lowest BCUT2D eigenvalue weighted by atomic mass is 9.78. The van der Waals surface area contributed by atoms with Crippen molar-refractivity contribution >= 4 is 56.6 Å². The van der Waals surface area contributed by atoms with Crippen LogP contribution in [-0.2, 0) is 0 Å². The van der Waals surface area contributed by atoms with Crippen LogP contribution >= 0.6 is 33.9 Å². The fourth-order valence-corrected chi connectivity index (χ4v) is 3.57. The van der Waals surface area contributed by atoms with Gasteiger partial charge >= 0.3 is 7.12 Å². The fraction of sp³-hybridized carbons (Fsp3) is 0.111. The molecule has 72 valence electrons. The third-order valence-electron chi connectivity index (χ3n) is 2.18. The first-order chi connectivity index (χ1) is 6.61. The molecule has 5 heteroatoms. The first kappa shape index (κ1) is 10.4. The van der Waals surface area contributed by atoms with Gasteiger partial charge in [0.2, 0.25) is 0 Å². The molecule has 1 heterocycles. The summed E-state index contributed by atoms with van der Waals surface area (Å²) in [4.78, 5) is 0. The maximum atomic E-state index is 9.21. The van der Waals surface area contributed by atoms with Crippen LogP contribution in [0.15, 0.2) is 17.5 Å². The van der Waals surface area contributed by atoms with E-state index in [-0.39, 0.29) is 0 Å². The Hall–Kier alpha value is -0.105. The Morgan fingerprint density at radius 1 is 1.36 bits per heavy atom. The number of hydrogen-bond donors (Lipinski definition) is 2. The molecule has 1 aromatic carbocycles. The second-order valence-electron chi connectivity index (χ2n) is 3.13. The van der Waals surface area contributed by atoms with Crippen LogP contribution < -0.4 is 5.46 Å². The zero-order valence-corrected chi connectivity index (χ0v) is 10.5. The largest absolute Gasteiger partial charge is 0.489 e. The number of halogens is 1. The zero-order chi connectivity index (χ0) is 10.3. The summed E-state index contributed by atoms with van der Waals surface area (Å²) in [5.41, 5.74) is 1.77. The zero-order valence-electron chi connectivity index (χ0n) is 7.49. The van der Waals surface area contributed by atoms with Crippen LogP contribution in [0.1, 0.15) is 5.56 Å². The van der Waals surface area contributed by atoms with E-state index in [0.29, 0.717) is 5.46 Å². The molecule has 14 heavy (non-hydrogen) atoms. The Bertz CT molecular complexity index is 481. The summed E-state index contributed by atoms with van der Waals surface area (Å²) in [6.07, 6.45) is 0. The normalized spacial score (nSPS) is 10.9. The molecule has 0 spiro atoms. The maximum Gasteiger partial charge on any atom is 0.489 e. The number of fused-ring (bicyclic) bond motifs is 1. The summed E-state index contributed by atoms with van der Waals surface area (Å²) in [5, 5.41) is 21.4. The standard InChI is InChI=1S/C9H8BIO2S/c1-5-2-3-6(10(12)13)8-7(11)4-14-9(5)8/h2-4,12-13H,1H3. The average molecular weight is 318 g/mol. The van der Waals surface area contributed by atoms with E-state index in [1.54, 1.807) is 17.4 Å². The predicted molar refractivity (Wildman–Crippen MR) is 69.1 cm³/mol. The number of thiophene rings is 1. The molecule has 0 unspecified atom stereocenters. The van der Waals surface area contributed by atoms with Gasteiger partial charge in [0.25, 0.3) is 0 Å². The molecule has 0 bridgehead atoms. The molecule has 2 aromatic rings. The van der Waals surface area contributed by atoms with Gasteiger partial charge in [-0.25, -0.2) is 0 Å². The van der Waals surface area contributed by atoms with Crippen LogP contribution in [0.2, 0.25) is 0 Å². The Morgan fingerprint density at radius 2 is 2.07 bits per heavy atom. The molecular formula is C9H8BIO2S. The van der Waals surface area contributed by atoms with Crippen molar-refractivity contribution in [3.63, 3.8) is 0 Å². The monoisotopic (exact) mass is 318 g/mol. The smallest absolute Gasteiger partial charge is 0.423 e. The van der Waals surface area contributed by atoms with E-state index in [1.807, 2.05) is 18.4 Å². The summed E-state index contributed by atoms with van der Waals surface area (Å²) in [7, 11) is -1.39. The van der Waals surface area contributed by atoms with Gasteiger partial charge in [0, 0.05) is 19.0 Å². The molecule has 0 amide bonds. The number of rotatable bonds is 1. The SMILES string of the molecule is Cc1ccc(B(O)O)c2c(I)csc12. The van der Waals surface area contributed by atoms with Crippen molar-refractivity contribution in [1.29, 1.82) is 0 Å². The lowest BCUT2D eigenvalue weighted by Gasteiger charge is -2.04. The predicted octanol–water partition coefficient (Wildman–Crippen LogP) is 1.49. The van der Waals surface area contributed by atoms with Gasteiger partial charge in [-0.1, -0.05) is 12.1 Å². The van der Waals surface area contributed by atoms with E-state index < -0.39 is 7.12 Å². The van der Waals surface area contributed by atoms with Crippen LogP contribution in [0.5, 0.6) is 0 Å². The van der Waals surface area contributed by atoms with Crippen LogP contribution in [0.25, 0.3) is 10.1 Å². The summed E-state index contributed by atoms with van der Waals surface area (Å²) in [6.45, 7) is 2.03. The Labute approximate surface area is 99.9 Å². The highest BCUT2D eigenvalue weighted by molar-refractivity contribution is 14.1. The summed E-state index contributed by atoms with van der Waals surface area (Å²) in [6, 6.07) is 3.70. The van der Waals surface area contributed by atoms with Gasteiger partial charge in [-0.2, -0.15) is 0 Å². The van der Waals surface area contributed by atoms with Crippen molar-refractivity contribution in [1.82, 2.24) is 0 Å². The quantitative estimate of drug-likeness (QED) is 0.618. The molecule has 2 nitrogen and oxygen atoms in total. The Morgan fingerprint density at radius 3 is 2.71 bits per heavy atom. The van der Waals surface area contributed by atoms with Gasteiger partial charge < -0.3 is 10.0 Å². The van der Waals surface area contributed by atoms with Crippen LogP contribution in [-0.4, -0.2) is 17.2 Å². The van der Waals surface area contributed by atoms with Crippen LogP contribution in [0.3, 0.4) is 0 Å². The number of benzene rings is 1. The molecule has 0 fully saturated rings. The fourth-order valence-electron chi connectivity index (χ4n) is 1.49. The van der Waals surface area contributed by atoms with Crippen molar-refractivity contribution in [2.75, 3.05) is 0 Å². The Balaban J connectivity index is 2.85. The Kier molecular flexibility index (Phi) is 2.83. The molecule has 0 atom stereocenters. The topological polar surface area (TPSA) is 40.5 Å². The summed E-state index contributed by atoms with van der Waals surface area (Å²) < 4.78 is 2.22. The molecular weight excluding hydrogens is 310 g/mol. The minimum Gasteiger partial charge on any atom is -0.423 e.